The van der Waals surface area contributed by atoms with Gasteiger partial charge in [0.2, 0.25) is 11.8 Å². The van der Waals surface area contributed by atoms with Crippen molar-refractivity contribution in [1.82, 2.24) is 9.88 Å². The number of methoxy groups -OCH3 is 2. The fourth-order valence-electron chi connectivity index (χ4n) is 3.86. The van der Waals surface area contributed by atoms with Crippen molar-refractivity contribution in [2.75, 3.05) is 25.7 Å². The highest BCUT2D eigenvalue weighted by atomic mass is 35.5. The van der Waals surface area contributed by atoms with Crippen molar-refractivity contribution in [3.8, 4) is 11.5 Å². The van der Waals surface area contributed by atoms with E-state index >= 15 is 0 Å². The summed E-state index contributed by atoms with van der Waals surface area (Å²) < 4.78 is 10.7. The van der Waals surface area contributed by atoms with Crippen molar-refractivity contribution in [2.24, 2.45) is 5.92 Å². The molecule has 0 N–H and O–H groups in total. The normalized spacial score (nSPS) is 18.4. The number of rotatable bonds is 7. The number of pyridine rings is 1. The highest BCUT2D eigenvalue weighted by Crippen LogP contribution is 2.41. The summed E-state index contributed by atoms with van der Waals surface area (Å²) >= 11 is 6.27. The second kappa shape index (κ2) is 8.52. The highest BCUT2D eigenvalue weighted by molar-refractivity contribution is 6.32. The van der Waals surface area contributed by atoms with Gasteiger partial charge in [0.25, 0.3) is 0 Å². The standard InChI is InChI=1S/C22H24ClN3O4/c1-29-19-10-20(30-2)18(9-17(19)23)26-13-15(8-21(26)27)22(28)25(16-5-6-16)12-14-4-3-7-24-11-14/h3-4,7,9-11,15-16H,5-6,8,12-13H2,1-2H3. The quantitative estimate of drug-likeness (QED) is 0.675. The lowest BCUT2D eigenvalue weighted by Gasteiger charge is -2.26. The minimum Gasteiger partial charge on any atom is -0.495 e. The second-order valence-corrected chi connectivity index (χ2v) is 8.03. The first-order valence-corrected chi connectivity index (χ1v) is 10.3. The van der Waals surface area contributed by atoms with E-state index in [4.69, 9.17) is 21.1 Å². The third-order valence-corrected chi connectivity index (χ3v) is 5.86. The molecule has 30 heavy (non-hydrogen) atoms. The minimum atomic E-state index is -0.402. The molecule has 4 rings (SSSR count). The maximum atomic E-state index is 13.3. The molecule has 0 spiro atoms. The Morgan fingerprint density at radius 3 is 2.67 bits per heavy atom. The number of carbonyl (C=O) groups is 2. The van der Waals surface area contributed by atoms with Gasteiger partial charge < -0.3 is 19.3 Å². The molecule has 1 aromatic carbocycles. The van der Waals surface area contributed by atoms with E-state index in [1.165, 1.54) is 14.2 Å². The highest BCUT2D eigenvalue weighted by Gasteiger charge is 2.42. The van der Waals surface area contributed by atoms with Crippen LogP contribution < -0.4 is 14.4 Å². The van der Waals surface area contributed by atoms with Gasteiger partial charge in [0.05, 0.1) is 30.8 Å². The van der Waals surface area contributed by atoms with Gasteiger partial charge in [-0.25, -0.2) is 0 Å². The molecule has 2 aliphatic rings. The summed E-state index contributed by atoms with van der Waals surface area (Å²) in [6, 6.07) is 7.38. The number of nitrogens with zero attached hydrogens (tertiary/aromatic N) is 3. The zero-order valence-corrected chi connectivity index (χ0v) is 17.8. The van der Waals surface area contributed by atoms with E-state index in [1.807, 2.05) is 17.0 Å². The molecule has 2 aromatic rings. The van der Waals surface area contributed by atoms with Crippen LogP contribution in [0.15, 0.2) is 36.7 Å². The van der Waals surface area contributed by atoms with E-state index in [0.29, 0.717) is 35.3 Å². The van der Waals surface area contributed by atoms with Crippen LogP contribution in [0.3, 0.4) is 0 Å². The molecule has 1 saturated carbocycles. The summed E-state index contributed by atoms with van der Waals surface area (Å²) in [5.41, 5.74) is 1.54. The van der Waals surface area contributed by atoms with Crippen molar-refractivity contribution < 1.29 is 19.1 Å². The van der Waals surface area contributed by atoms with Crippen LogP contribution in [-0.2, 0) is 16.1 Å². The molecule has 0 bridgehead atoms. The van der Waals surface area contributed by atoms with Gasteiger partial charge in [0, 0.05) is 44.0 Å². The van der Waals surface area contributed by atoms with E-state index in [2.05, 4.69) is 4.98 Å². The van der Waals surface area contributed by atoms with Gasteiger partial charge in [-0.15, -0.1) is 0 Å². The van der Waals surface area contributed by atoms with Gasteiger partial charge in [-0.2, -0.15) is 0 Å². The number of anilines is 1. The smallest absolute Gasteiger partial charge is 0.228 e. The number of ether oxygens (including phenoxy) is 2. The molecular weight excluding hydrogens is 406 g/mol. The van der Waals surface area contributed by atoms with E-state index in [9.17, 15) is 9.59 Å². The van der Waals surface area contributed by atoms with Crippen molar-refractivity contribution in [1.29, 1.82) is 0 Å². The van der Waals surface area contributed by atoms with Crippen LogP contribution >= 0.6 is 11.6 Å². The van der Waals surface area contributed by atoms with Crippen LogP contribution in [0.5, 0.6) is 11.5 Å². The molecule has 0 radical (unpaired) electrons. The Morgan fingerprint density at radius 1 is 1.27 bits per heavy atom. The zero-order chi connectivity index (χ0) is 21.3. The fraction of sp³-hybridized carbons (Fsp3) is 0.409. The summed E-state index contributed by atoms with van der Waals surface area (Å²) in [7, 11) is 3.04. The summed E-state index contributed by atoms with van der Waals surface area (Å²) in [6.07, 6.45) is 5.66. The Labute approximate surface area is 180 Å². The van der Waals surface area contributed by atoms with Gasteiger partial charge in [-0.1, -0.05) is 17.7 Å². The lowest BCUT2D eigenvalue weighted by atomic mass is 10.1. The molecule has 1 unspecified atom stereocenters. The number of halogens is 1. The Kier molecular flexibility index (Phi) is 5.81. The molecule has 1 saturated heterocycles. The summed E-state index contributed by atoms with van der Waals surface area (Å²) in [5.74, 6) is 0.432. The Morgan fingerprint density at radius 2 is 2.03 bits per heavy atom. The van der Waals surface area contributed by atoms with Crippen LogP contribution in [-0.4, -0.2) is 48.5 Å². The van der Waals surface area contributed by atoms with Gasteiger partial charge in [0.1, 0.15) is 11.5 Å². The largest absolute Gasteiger partial charge is 0.495 e. The van der Waals surface area contributed by atoms with Crippen LogP contribution in [0, 0.1) is 5.92 Å². The first-order chi connectivity index (χ1) is 14.5. The average molecular weight is 430 g/mol. The summed E-state index contributed by atoms with van der Waals surface area (Å²) in [4.78, 5) is 33.8. The lowest BCUT2D eigenvalue weighted by Crippen LogP contribution is -2.38. The summed E-state index contributed by atoms with van der Waals surface area (Å²) in [5, 5.41) is 0.382. The monoisotopic (exact) mass is 429 g/mol. The molecule has 2 heterocycles. The van der Waals surface area contributed by atoms with Gasteiger partial charge in [-0.05, 0) is 30.5 Å². The zero-order valence-electron chi connectivity index (χ0n) is 17.0. The Hall–Kier alpha value is -2.80. The molecule has 8 heteroatoms. The topological polar surface area (TPSA) is 72.0 Å². The molecule has 158 valence electrons. The number of carbonyl (C=O) groups excluding carboxylic acids is 2. The average Bonchev–Trinajstić information content (AvgIpc) is 3.53. The van der Waals surface area contributed by atoms with Crippen molar-refractivity contribution in [3.63, 3.8) is 0 Å². The molecule has 1 aliphatic carbocycles. The number of benzene rings is 1. The van der Waals surface area contributed by atoms with Crippen molar-refractivity contribution in [2.45, 2.75) is 31.8 Å². The third-order valence-electron chi connectivity index (χ3n) is 5.56. The Bertz CT molecular complexity index is 949. The van der Waals surface area contributed by atoms with Crippen LogP contribution in [0.4, 0.5) is 5.69 Å². The molecule has 2 amide bonds. The van der Waals surface area contributed by atoms with Crippen LogP contribution in [0.25, 0.3) is 0 Å². The van der Waals surface area contributed by atoms with Crippen molar-refractivity contribution >= 4 is 29.1 Å². The van der Waals surface area contributed by atoms with Crippen molar-refractivity contribution in [3.05, 3.63) is 47.2 Å². The van der Waals surface area contributed by atoms with Gasteiger partial charge >= 0.3 is 0 Å². The first-order valence-electron chi connectivity index (χ1n) is 9.93. The van der Waals surface area contributed by atoms with E-state index < -0.39 is 5.92 Å². The minimum absolute atomic E-state index is 0.00998. The molecule has 1 aliphatic heterocycles. The Balaban J connectivity index is 1.54. The predicted octanol–water partition coefficient (Wildman–Crippen LogP) is 3.30. The SMILES string of the molecule is COc1cc(OC)c(N2CC(C(=O)N(Cc3cccnc3)C3CC3)CC2=O)cc1Cl. The van der Waals surface area contributed by atoms with E-state index in [0.717, 1.165) is 18.4 Å². The number of aromatic nitrogens is 1. The number of hydrogen-bond donors (Lipinski definition) is 0. The maximum Gasteiger partial charge on any atom is 0.228 e. The number of amides is 2. The molecule has 1 atom stereocenters. The van der Waals surface area contributed by atoms with E-state index in [-0.39, 0.29) is 24.3 Å². The molecule has 1 aromatic heterocycles. The van der Waals surface area contributed by atoms with Crippen LogP contribution in [0.1, 0.15) is 24.8 Å². The van der Waals surface area contributed by atoms with Crippen LogP contribution in [0.2, 0.25) is 5.02 Å². The maximum absolute atomic E-state index is 13.3. The summed E-state index contributed by atoms with van der Waals surface area (Å²) in [6.45, 7) is 0.812. The van der Waals surface area contributed by atoms with Gasteiger partial charge in [0.15, 0.2) is 0 Å². The lowest BCUT2D eigenvalue weighted by molar-refractivity contribution is -0.137. The van der Waals surface area contributed by atoms with Gasteiger partial charge in [-0.3, -0.25) is 14.6 Å². The first kappa shape index (κ1) is 20.5. The van der Waals surface area contributed by atoms with E-state index in [1.54, 1.807) is 29.4 Å². The molecular formula is C22H24ClN3O4. The third kappa shape index (κ3) is 4.07. The predicted molar refractivity (Wildman–Crippen MR) is 113 cm³/mol. The second-order valence-electron chi connectivity index (χ2n) is 7.62. The fourth-order valence-corrected chi connectivity index (χ4v) is 4.09. The molecule has 2 fully saturated rings. The molecule has 7 nitrogen and oxygen atoms in total. The number of hydrogen-bond acceptors (Lipinski definition) is 5.